The molecule has 0 atom stereocenters. The lowest BCUT2D eigenvalue weighted by Gasteiger charge is -2.29. The highest BCUT2D eigenvalue weighted by molar-refractivity contribution is 5.95. The van der Waals surface area contributed by atoms with E-state index in [4.69, 9.17) is 0 Å². The number of piperidine rings is 1. The number of likely N-dealkylation sites (tertiary alicyclic amines) is 1. The van der Waals surface area contributed by atoms with Gasteiger partial charge in [-0.3, -0.25) is 19.1 Å². The number of amides is 2. The standard InChI is InChI=1S/C37H37F3N8O3/c1-22-33(36(51)48(47(22)3)21-24-6-10-29(38)31(40)18-24)35(50)41-14-4-5-23-7-11-32-25(17-23)20-42-37(45-32)44-27-8-9-28(30(39)19-27)34(49)43-26-12-15-46(2)16-13-26/h4-11,17-20,26H,12-16,21H2,1-3H3,(H,41,50)(H,43,49)(H,42,44,45)/b5-4+. The van der Waals surface area contributed by atoms with E-state index in [0.29, 0.717) is 22.5 Å². The lowest BCUT2D eigenvalue weighted by molar-refractivity contribution is 0.0911. The minimum atomic E-state index is -1.02. The predicted molar refractivity (Wildman–Crippen MR) is 188 cm³/mol. The summed E-state index contributed by atoms with van der Waals surface area (Å²) in [6.07, 6.45) is 6.82. The molecule has 0 unspecified atom stereocenters. The number of carbonyl (C=O) groups excluding carboxylic acids is 2. The Morgan fingerprint density at radius 1 is 0.941 bits per heavy atom. The Hall–Kier alpha value is -5.76. The highest BCUT2D eigenvalue weighted by Gasteiger charge is 2.22. The summed E-state index contributed by atoms with van der Waals surface area (Å²) in [6.45, 7) is 3.51. The summed E-state index contributed by atoms with van der Waals surface area (Å²) in [5.74, 6) is -3.37. The summed E-state index contributed by atoms with van der Waals surface area (Å²) in [6, 6.07) is 13.2. The lowest BCUT2D eigenvalue weighted by Crippen LogP contribution is -2.43. The second kappa shape index (κ2) is 15.0. The molecule has 264 valence electrons. The molecule has 3 heterocycles. The first-order valence-electron chi connectivity index (χ1n) is 16.4. The van der Waals surface area contributed by atoms with E-state index in [1.165, 1.54) is 27.6 Å². The van der Waals surface area contributed by atoms with Crippen LogP contribution in [-0.2, 0) is 13.6 Å². The summed E-state index contributed by atoms with van der Waals surface area (Å²) in [5, 5.41) is 9.40. The van der Waals surface area contributed by atoms with E-state index in [0.717, 1.165) is 49.0 Å². The molecule has 14 heteroatoms. The third kappa shape index (κ3) is 8.01. The van der Waals surface area contributed by atoms with Crippen LogP contribution in [0.1, 0.15) is 50.4 Å². The van der Waals surface area contributed by atoms with Crippen molar-refractivity contribution in [2.24, 2.45) is 7.05 Å². The van der Waals surface area contributed by atoms with Gasteiger partial charge in [0.2, 0.25) is 5.95 Å². The van der Waals surface area contributed by atoms with Gasteiger partial charge in [0.05, 0.1) is 17.6 Å². The Morgan fingerprint density at radius 2 is 1.73 bits per heavy atom. The van der Waals surface area contributed by atoms with Crippen molar-refractivity contribution in [3.05, 3.63) is 123 Å². The van der Waals surface area contributed by atoms with Gasteiger partial charge in [0, 0.05) is 42.6 Å². The van der Waals surface area contributed by atoms with Crippen LogP contribution < -0.4 is 21.5 Å². The van der Waals surface area contributed by atoms with Crippen LogP contribution in [0.3, 0.4) is 0 Å². The molecule has 2 amide bonds. The number of benzene rings is 3. The normalized spacial score (nSPS) is 13.9. The molecule has 1 aliphatic rings. The zero-order chi connectivity index (χ0) is 36.2. The van der Waals surface area contributed by atoms with Gasteiger partial charge in [-0.1, -0.05) is 24.3 Å². The molecule has 1 fully saturated rings. The molecular formula is C37H37F3N8O3. The fourth-order valence-corrected chi connectivity index (χ4v) is 5.99. The maximum absolute atomic E-state index is 14.9. The van der Waals surface area contributed by atoms with Gasteiger partial charge in [-0.15, -0.1) is 0 Å². The number of carbonyl (C=O) groups is 2. The number of nitrogens with zero attached hydrogens (tertiary/aromatic N) is 5. The number of nitrogens with one attached hydrogen (secondary N) is 3. The first kappa shape index (κ1) is 35.1. The summed E-state index contributed by atoms with van der Waals surface area (Å²) in [4.78, 5) is 49.8. The van der Waals surface area contributed by atoms with Crippen molar-refractivity contribution < 1.29 is 22.8 Å². The SMILES string of the molecule is Cc1c(C(=O)NC/C=C/c2ccc3nc(Nc4ccc(C(=O)NC5CCN(C)CC5)c(F)c4)ncc3c2)c(=O)n(Cc2ccc(F)c(F)c2)n1C. The number of hydrogen-bond donors (Lipinski definition) is 3. The molecule has 5 aromatic rings. The van der Waals surface area contributed by atoms with Gasteiger partial charge in [0.15, 0.2) is 11.6 Å². The van der Waals surface area contributed by atoms with Gasteiger partial charge >= 0.3 is 0 Å². The average Bonchev–Trinajstić information content (AvgIpc) is 3.31. The summed E-state index contributed by atoms with van der Waals surface area (Å²) in [7, 11) is 3.65. The molecular weight excluding hydrogens is 661 g/mol. The smallest absolute Gasteiger partial charge is 0.280 e. The van der Waals surface area contributed by atoms with Crippen LogP contribution >= 0.6 is 0 Å². The Morgan fingerprint density at radius 3 is 2.47 bits per heavy atom. The molecule has 0 aliphatic carbocycles. The molecule has 0 spiro atoms. The van der Waals surface area contributed by atoms with E-state index in [9.17, 15) is 27.6 Å². The quantitative estimate of drug-likeness (QED) is 0.189. The van der Waals surface area contributed by atoms with Crippen LogP contribution in [0.15, 0.2) is 71.7 Å². The Kier molecular flexibility index (Phi) is 10.3. The van der Waals surface area contributed by atoms with Crippen LogP contribution in [0.2, 0.25) is 0 Å². The minimum absolute atomic E-state index is 0.0187. The summed E-state index contributed by atoms with van der Waals surface area (Å²) in [5.41, 5.74) is 2.08. The molecule has 51 heavy (non-hydrogen) atoms. The molecule has 1 saturated heterocycles. The third-order valence-electron chi connectivity index (χ3n) is 9.02. The van der Waals surface area contributed by atoms with Crippen molar-refractivity contribution in [2.45, 2.75) is 32.4 Å². The number of hydrogen-bond acceptors (Lipinski definition) is 7. The number of rotatable bonds is 10. The Labute approximate surface area is 291 Å². The molecule has 2 aromatic heterocycles. The molecule has 0 saturated carbocycles. The fourth-order valence-electron chi connectivity index (χ4n) is 5.99. The van der Waals surface area contributed by atoms with Crippen LogP contribution in [-0.4, -0.2) is 68.8 Å². The van der Waals surface area contributed by atoms with E-state index in [2.05, 4.69) is 30.8 Å². The maximum atomic E-state index is 14.9. The lowest BCUT2D eigenvalue weighted by atomic mass is 10.0. The molecule has 3 N–H and O–H groups in total. The molecule has 0 radical (unpaired) electrons. The summed E-state index contributed by atoms with van der Waals surface area (Å²) >= 11 is 0. The largest absolute Gasteiger partial charge is 0.349 e. The van der Waals surface area contributed by atoms with Crippen LogP contribution in [0.5, 0.6) is 0 Å². The van der Waals surface area contributed by atoms with E-state index in [1.807, 2.05) is 19.2 Å². The third-order valence-corrected chi connectivity index (χ3v) is 9.02. The highest BCUT2D eigenvalue weighted by Crippen LogP contribution is 2.21. The van der Waals surface area contributed by atoms with Gasteiger partial charge in [-0.05, 0) is 93.5 Å². The average molecular weight is 699 g/mol. The van der Waals surface area contributed by atoms with Crippen molar-refractivity contribution in [3.63, 3.8) is 0 Å². The molecule has 11 nitrogen and oxygen atoms in total. The minimum Gasteiger partial charge on any atom is -0.349 e. The number of fused-ring (bicyclic) bond motifs is 1. The van der Waals surface area contributed by atoms with Crippen molar-refractivity contribution >= 4 is 40.4 Å². The van der Waals surface area contributed by atoms with Crippen LogP contribution in [0.4, 0.5) is 24.8 Å². The number of anilines is 2. The summed E-state index contributed by atoms with van der Waals surface area (Å²) < 4.78 is 44.7. The van der Waals surface area contributed by atoms with E-state index >= 15 is 0 Å². The monoisotopic (exact) mass is 698 g/mol. The zero-order valence-corrected chi connectivity index (χ0v) is 28.3. The molecule has 6 rings (SSSR count). The first-order valence-corrected chi connectivity index (χ1v) is 16.4. The highest BCUT2D eigenvalue weighted by atomic mass is 19.2. The van der Waals surface area contributed by atoms with E-state index in [1.54, 1.807) is 44.5 Å². The Balaban J connectivity index is 1.04. The van der Waals surface area contributed by atoms with Crippen molar-refractivity contribution in [3.8, 4) is 0 Å². The van der Waals surface area contributed by atoms with Gasteiger partial charge in [0.1, 0.15) is 11.4 Å². The van der Waals surface area contributed by atoms with Crippen molar-refractivity contribution in [1.82, 2.24) is 34.9 Å². The molecule has 0 bridgehead atoms. The van der Waals surface area contributed by atoms with E-state index in [-0.39, 0.29) is 36.2 Å². The Bertz CT molecular complexity index is 2210. The van der Waals surface area contributed by atoms with Crippen LogP contribution in [0.25, 0.3) is 17.0 Å². The van der Waals surface area contributed by atoms with Gasteiger partial charge in [-0.2, -0.15) is 0 Å². The molecule has 3 aromatic carbocycles. The molecule has 1 aliphatic heterocycles. The maximum Gasteiger partial charge on any atom is 0.280 e. The topological polar surface area (TPSA) is 126 Å². The van der Waals surface area contributed by atoms with Gasteiger partial charge in [-0.25, -0.2) is 27.8 Å². The van der Waals surface area contributed by atoms with Crippen molar-refractivity contribution in [2.75, 3.05) is 32.0 Å². The van der Waals surface area contributed by atoms with Crippen molar-refractivity contribution in [1.29, 1.82) is 0 Å². The second-order valence-electron chi connectivity index (χ2n) is 12.6. The van der Waals surface area contributed by atoms with Crippen LogP contribution in [0, 0.1) is 24.4 Å². The predicted octanol–water partition coefficient (Wildman–Crippen LogP) is 4.91. The van der Waals surface area contributed by atoms with Gasteiger partial charge in [0.25, 0.3) is 17.4 Å². The number of aromatic nitrogens is 4. The number of halogens is 3. The van der Waals surface area contributed by atoms with E-state index < -0.39 is 34.8 Å². The van der Waals surface area contributed by atoms with Gasteiger partial charge < -0.3 is 20.9 Å². The fraction of sp³-hybridized carbons (Fsp3) is 0.270. The zero-order valence-electron chi connectivity index (χ0n) is 28.3. The second-order valence-corrected chi connectivity index (χ2v) is 12.6. The first-order chi connectivity index (χ1) is 24.5.